The molecule has 1 aliphatic carbocycles. The van der Waals surface area contributed by atoms with Gasteiger partial charge in [-0.25, -0.2) is 0 Å². The Morgan fingerprint density at radius 2 is 2.55 bits per heavy atom. The van der Waals surface area contributed by atoms with Crippen LogP contribution >= 0.6 is 11.8 Å². The summed E-state index contributed by atoms with van der Waals surface area (Å²) in [4.78, 5) is 11.2. The summed E-state index contributed by atoms with van der Waals surface area (Å²) in [5.74, 6) is 0.201. The first-order chi connectivity index (χ1) is 5.27. The number of allylic oxidation sites excluding steroid dienone is 1. The second-order valence-electron chi connectivity index (χ2n) is 2.79. The Bertz CT molecular complexity index is 216. The lowest BCUT2D eigenvalue weighted by atomic mass is 10.0. The van der Waals surface area contributed by atoms with Gasteiger partial charge < -0.3 is 5.73 Å². The Kier molecular flexibility index (Phi) is 1.75. The summed E-state index contributed by atoms with van der Waals surface area (Å²) >= 11 is 1.52. The van der Waals surface area contributed by atoms with Gasteiger partial charge in [0.25, 0.3) is 0 Å². The summed E-state index contributed by atoms with van der Waals surface area (Å²) in [7, 11) is 0. The molecule has 2 rings (SSSR count). The van der Waals surface area contributed by atoms with Crippen LogP contribution < -0.4 is 11.1 Å². The fourth-order valence-electron chi connectivity index (χ4n) is 1.47. The molecule has 0 saturated carbocycles. The third-order valence-electron chi connectivity index (χ3n) is 1.99. The second-order valence-corrected chi connectivity index (χ2v) is 4.08. The van der Waals surface area contributed by atoms with Crippen molar-refractivity contribution in [1.29, 1.82) is 0 Å². The van der Waals surface area contributed by atoms with Crippen molar-refractivity contribution in [2.45, 2.75) is 23.2 Å². The van der Waals surface area contributed by atoms with Gasteiger partial charge in [0.15, 0.2) is 5.78 Å². The van der Waals surface area contributed by atoms with Crippen LogP contribution in [0.3, 0.4) is 0 Å². The Morgan fingerprint density at radius 3 is 3.27 bits per heavy atom. The van der Waals surface area contributed by atoms with E-state index in [0.717, 1.165) is 6.42 Å². The SMILES string of the molecule is NC1NC2CC=CC(=O)C2S1. The Labute approximate surface area is 69.4 Å². The van der Waals surface area contributed by atoms with Crippen LogP contribution in [-0.2, 0) is 4.79 Å². The molecule has 0 aromatic rings. The maximum Gasteiger partial charge on any atom is 0.170 e. The van der Waals surface area contributed by atoms with Crippen LogP contribution in [0, 0.1) is 0 Å². The molecule has 0 radical (unpaired) electrons. The number of hydrogen-bond donors (Lipinski definition) is 2. The molecule has 3 N–H and O–H groups in total. The molecule has 2 aliphatic rings. The number of ketones is 1. The minimum Gasteiger partial charge on any atom is -0.307 e. The average Bonchev–Trinajstić information content (AvgIpc) is 2.31. The molecule has 0 amide bonds. The third-order valence-corrected chi connectivity index (χ3v) is 3.27. The summed E-state index contributed by atoms with van der Waals surface area (Å²) in [5.41, 5.74) is 5.57. The minimum atomic E-state index is -0.0613. The van der Waals surface area contributed by atoms with Crippen LogP contribution in [-0.4, -0.2) is 22.6 Å². The lowest BCUT2D eigenvalue weighted by Gasteiger charge is -2.17. The van der Waals surface area contributed by atoms with Crippen LogP contribution in [0.15, 0.2) is 12.2 Å². The monoisotopic (exact) mass is 170 g/mol. The zero-order valence-corrected chi connectivity index (χ0v) is 6.80. The summed E-state index contributed by atoms with van der Waals surface area (Å²) in [6.45, 7) is 0. The largest absolute Gasteiger partial charge is 0.307 e. The minimum absolute atomic E-state index is 0.0613. The van der Waals surface area contributed by atoms with E-state index >= 15 is 0 Å². The van der Waals surface area contributed by atoms with Gasteiger partial charge in [-0.15, -0.1) is 11.8 Å². The molecular weight excluding hydrogens is 160 g/mol. The summed E-state index contributed by atoms with van der Waals surface area (Å²) < 4.78 is 0. The van der Waals surface area contributed by atoms with Crippen LogP contribution in [0.5, 0.6) is 0 Å². The van der Waals surface area contributed by atoms with Gasteiger partial charge in [0.1, 0.15) is 5.50 Å². The highest BCUT2D eigenvalue weighted by Crippen LogP contribution is 2.29. The molecular formula is C7H10N2OS. The molecule has 0 bridgehead atoms. The molecule has 3 atom stereocenters. The summed E-state index contributed by atoms with van der Waals surface area (Å²) in [6.07, 6.45) is 4.50. The molecule has 3 nitrogen and oxygen atoms in total. The van der Waals surface area contributed by atoms with Gasteiger partial charge in [0.2, 0.25) is 0 Å². The van der Waals surface area contributed by atoms with Crippen molar-refractivity contribution in [3.8, 4) is 0 Å². The molecule has 11 heavy (non-hydrogen) atoms. The van der Waals surface area contributed by atoms with Crippen LogP contribution in [0.2, 0.25) is 0 Å². The summed E-state index contributed by atoms with van der Waals surface area (Å²) in [6, 6.07) is 0.271. The van der Waals surface area contributed by atoms with Crippen molar-refractivity contribution >= 4 is 17.5 Å². The summed E-state index contributed by atoms with van der Waals surface area (Å²) in [5, 5.41) is 3.22. The number of rotatable bonds is 0. The molecule has 0 spiro atoms. The maximum atomic E-state index is 11.2. The topological polar surface area (TPSA) is 55.1 Å². The number of thioether (sulfide) groups is 1. The third kappa shape index (κ3) is 1.21. The number of nitrogens with one attached hydrogen (secondary N) is 1. The van der Waals surface area contributed by atoms with Crippen molar-refractivity contribution in [1.82, 2.24) is 5.32 Å². The van der Waals surface area contributed by atoms with Gasteiger partial charge in [-0.2, -0.15) is 0 Å². The van der Waals surface area contributed by atoms with E-state index < -0.39 is 0 Å². The van der Waals surface area contributed by atoms with Gasteiger partial charge in [-0.3, -0.25) is 10.1 Å². The molecule has 4 heteroatoms. The Hall–Kier alpha value is -0.320. The quantitative estimate of drug-likeness (QED) is 0.530. The first-order valence-electron chi connectivity index (χ1n) is 3.65. The highest BCUT2D eigenvalue weighted by Gasteiger charge is 2.37. The van der Waals surface area contributed by atoms with Crippen molar-refractivity contribution in [2.75, 3.05) is 0 Å². The maximum absolute atomic E-state index is 11.2. The molecule has 0 aromatic carbocycles. The van der Waals surface area contributed by atoms with E-state index in [-0.39, 0.29) is 22.6 Å². The zero-order chi connectivity index (χ0) is 7.84. The first kappa shape index (κ1) is 7.34. The van der Waals surface area contributed by atoms with E-state index in [2.05, 4.69) is 5.32 Å². The lowest BCUT2D eigenvalue weighted by molar-refractivity contribution is -0.114. The van der Waals surface area contributed by atoms with Crippen LogP contribution in [0.4, 0.5) is 0 Å². The molecule has 1 heterocycles. The van der Waals surface area contributed by atoms with Crippen molar-refractivity contribution in [3.63, 3.8) is 0 Å². The molecule has 1 saturated heterocycles. The van der Waals surface area contributed by atoms with Crippen LogP contribution in [0.25, 0.3) is 0 Å². The van der Waals surface area contributed by atoms with Gasteiger partial charge in [0, 0.05) is 6.04 Å². The average molecular weight is 170 g/mol. The molecule has 60 valence electrons. The van der Waals surface area contributed by atoms with E-state index in [1.807, 2.05) is 6.08 Å². The van der Waals surface area contributed by atoms with Crippen molar-refractivity contribution < 1.29 is 4.79 Å². The highest BCUT2D eigenvalue weighted by molar-refractivity contribution is 8.01. The number of hydrogen-bond acceptors (Lipinski definition) is 4. The van der Waals surface area contributed by atoms with Gasteiger partial charge in [-0.1, -0.05) is 6.08 Å². The highest BCUT2D eigenvalue weighted by atomic mass is 32.2. The zero-order valence-electron chi connectivity index (χ0n) is 5.99. The number of carbonyl (C=O) groups excluding carboxylic acids is 1. The number of nitrogens with two attached hydrogens (primary N) is 1. The standard InChI is InChI=1S/C7H10N2OS/c8-7-9-4-2-1-3-5(10)6(4)11-7/h1,3-4,6-7,9H,2,8H2. The predicted molar refractivity (Wildman–Crippen MR) is 45.0 cm³/mol. The fraction of sp³-hybridized carbons (Fsp3) is 0.571. The number of fused-ring (bicyclic) bond motifs is 1. The fourth-order valence-corrected chi connectivity index (χ4v) is 2.63. The molecule has 1 aliphatic heterocycles. The molecule has 0 aromatic heterocycles. The van der Waals surface area contributed by atoms with Crippen molar-refractivity contribution in [3.05, 3.63) is 12.2 Å². The molecule has 3 unspecified atom stereocenters. The van der Waals surface area contributed by atoms with E-state index in [0.29, 0.717) is 0 Å². The van der Waals surface area contributed by atoms with Crippen LogP contribution in [0.1, 0.15) is 6.42 Å². The van der Waals surface area contributed by atoms with Gasteiger partial charge in [0.05, 0.1) is 5.25 Å². The normalized spacial score (nSPS) is 42.6. The predicted octanol–water partition coefficient (Wildman–Crippen LogP) is -0.169. The van der Waals surface area contributed by atoms with Gasteiger partial charge >= 0.3 is 0 Å². The van der Waals surface area contributed by atoms with E-state index in [4.69, 9.17) is 5.73 Å². The number of carbonyl (C=O) groups is 1. The van der Waals surface area contributed by atoms with E-state index in [1.54, 1.807) is 6.08 Å². The Balaban J connectivity index is 2.17. The van der Waals surface area contributed by atoms with E-state index in [1.165, 1.54) is 11.8 Å². The lowest BCUT2D eigenvalue weighted by Crippen LogP contribution is -2.39. The molecule has 1 fully saturated rings. The van der Waals surface area contributed by atoms with Gasteiger partial charge in [-0.05, 0) is 12.5 Å². The second kappa shape index (κ2) is 2.62. The van der Waals surface area contributed by atoms with Crippen molar-refractivity contribution in [2.24, 2.45) is 5.73 Å². The first-order valence-corrected chi connectivity index (χ1v) is 4.59. The Morgan fingerprint density at radius 1 is 1.73 bits per heavy atom. The van der Waals surface area contributed by atoms with E-state index in [9.17, 15) is 4.79 Å². The smallest absolute Gasteiger partial charge is 0.170 e.